The minimum absolute atomic E-state index is 0.0527. The summed E-state index contributed by atoms with van der Waals surface area (Å²) in [7, 11) is 0. The zero-order valence-electron chi connectivity index (χ0n) is 9.99. The standard InChI is InChI=1S/C11H16N2O4/c1-8-3-10(13-17-8)16-4-9(14)12-5-11(2)6-15-7-11/h3H,4-7H2,1-2H3,(H,12,14). The Morgan fingerprint density at radius 1 is 1.65 bits per heavy atom. The SMILES string of the molecule is Cc1cc(OCC(=O)NCC2(C)COC2)no1. The highest BCUT2D eigenvalue weighted by atomic mass is 16.5. The summed E-state index contributed by atoms with van der Waals surface area (Å²) >= 11 is 0. The van der Waals surface area contributed by atoms with Gasteiger partial charge in [0.2, 0.25) is 0 Å². The largest absolute Gasteiger partial charge is 0.465 e. The molecule has 2 heterocycles. The molecule has 0 saturated carbocycles. The lowest BCUT2D eigenvalue weighted by atomic mass is 9.89. The third-order valence-electron chi connectivity index (χ3n) is 2.57. The molecule has 0 atom stereocenters. The van der Waals surface area contributed by atoms with E-state index in [1.54, 1.807) is 13.0 Å². The number of hydrogen-bond donors (Lipinski definition) is 1. The van der Waals surface area contributed by atoms with Gasteiger partial charge in [0.05, 0.1) is 13.2 Å². The molecule has 1 aromatic heterocycles. The Hall–Kier alpha value is -1.56. The number of carbonyl (C=O) groups is 1. The minimum atomic E-state index is -0.168. The highest BCUT2D eigenvalue weighted by molar-refractivity contribution is 5.77. The van der Waals surface area contributed by atoms with Gasteiger partial charge in [-0.15, -0.1) is 0 Å². The highest BCUT2D eigenvalue weighted by Gasteiger charge is 2.33. The molecule has 1 aliphatic rings. The number of hydrogen-bond acceptors (Lipinski definition) is 5. The van der Waals surface area contributed by atoms with Gasteiger partial charge in [0.15, 0.2) is 6.61 Å². The number of carbonyl (C=O) groups excluding carboxylic acids is 1. The van der Waals surface area contributed by atoms with E-state index in [0.717, 1.165) is 0 Å². The fraction of sp³-hybridized carbons (Fsp3) is 0.636. The molecule has 1 aliphatic heterocycles. The van der Waals surface area contributed by atoms with E-state index in [1.165, 1.54) is 0 Å². The second-order valence-electron chi connectivity index (χ2n) is 4.64. The van der Waals surface area contributed by atoms with Gasteiger partial charge in [-0.25, -0.2) is 0 Å². The summed E-state index contributed by atoms with van der Waals surface area (Å²) in [5, 5.41) is 6.43. The van der Waals surface area contributed by atoms with E-state index in [0.29, 0.717) is 31.4 Å². The summed E-state index contributed by atoms with van der Waals surface area (Å²) in [5.41, 5.74) is 0.0696. The maximum Gasteiger partial charge on any atom is 0.258 e. The quantitative estimate of drug-likeness (QED) is 0.812. The molecule has 2 rings (SSSR count). The molecule has 0 bridgehead atoms. The molecule has 94 valence electrons. The first-order chi connectivity index (χ1) is 8.07. The number of aryl methyl sites for hydroxylation is 1. The fourth-order valence-electron chi connectivity index (χ4n) is 1.47. The van der Waals surface area contributed by atoms with Gasteiger partial charge in [0.1, 0.15) is 5.76 Å². The average Bonchev–Trinajstić information content (AvgIpc) is 2.67. The zero-order valence-corrected chi connectivity index (χ0v) is 9.99. The molecule has 0 radical (unpaired) electrons. The number of aromatic nitrogens is 1. The molecule has 0 aromatic carbocycles. The lowest BCUT2D eigenvalue weighted by molar-refractivity contribution is -0.128. The normalized spacial score (nSPS) is 17.3. The lowest BCUT2D eigenvalue weighted by Gasteiger charge is -2.37. The maximum atomic E-state index is 11.5. The molecular weight excluding hydrogens is 224 g/mol. The molecular formula is C11H16N2O4. The van der Waals surface area contributed by atoms with Crippen molar-refractivity contribution in [1.82, 2.24) is 10.5 Å². The van der Waals surface area contributed by atoms with Crippen LogP contribution in [0.25, 0.3) is 0 Å². The molecule has 0 spiro atoms. The Labute approximate surface area is 99.2 Å². The van der Waals surface area contributed by atoms with Gasteiger partial charge in [-0.3, -0.25) is 4.79 Å². The summed E-state index contributed by atoms with van der Waals surface area (Å²) in [6.07, 6.45) is 0. The number of nitrogens with one attached hydrogen (secondary N) is 1. The second-order valence-corrected chi connectivity index (χ2v) is 4.64. The molecule has 1 saturated heterocycles. The van der Waals surface area contributed by atoms with Gasteiger partial charge < -0.3 is 19.3 Å². The van der Waals surface area contributed by atoms with Gasteiger partial charge in [-0.05, 0) is 12.1 Å². The van der Waals surface area contributed by atoms with Gasteiger partial charge in [0.25, 0.3) is 11.8 Å². The van der Waals surface area contributed by atoms with Crippen LogP contribution in [0.5, 0.6) is 5.88 Å². The molecule has 6 nitrogen and oxygen atoms in total. The van der Waals surface area contributed by atoms with Crippen LogP contribution in [0.2, 0.25) is 0 Å². The monoisotopic (exact) mass is 240 g/mol. The van der Waals surface area contributed by atoms with E-state index in [2.05, 4.69) is 17.4 Å². The smallest absolute Gasteiger partial charge is 0.258 e. The van der Waals surface area contributed by atoms with Crippen molar-refractivity contribution in [2.24, 2.45) is 5.41 Å². The van der Waals surface area contributed by atoms with E-state index in [9.17, 15) is 4.79 Å². The zero-order chi connectivity index (χ0) is 12.3. The van der Waals surface area contributed by atoms with Crippen LogP contribution in [0, 0.1) is 12.3 Å². The molecule has 1 amide bonds. The summed E-state index contributed by atoms with van der Waals surface area (Å²) < 4.78 is 15.1. The maximum absolute atomic E-state index is 11.5. The number of ether oxygens (including phenoxy) is 2. The van der Waals surface area contributed by atoms with Crippen LogP contribution in [-0.4, -0.2) is 37.4 Å². The van der Waals surface area contributed by atoms with Crippen molar-refractivity contribution in [3.05, 3.63) is 11.8 Å². The number of nitrogens with zero attached hydrogens (tertiary/aromatic N) is 1. The van der Waals surface area contributed by atoms with Gasteiger partial charge in [-0.1, -0.05) is 6.92 Å². The summed E-state index contributed by atoms with van der Waals surface area (Å²) in [4.78, 5) is 11.5. The first kappa shape index (κ1) is 11.9. The second kappa shape index (κ2) is 4.75. The molecule has 17 heavy (non-hydrogen) atoms. The van der Waals surface area contributed by atoms with Crippen molar-refractivity contribution in [2.75, 3.05) is 26.4 Å². The molecule has 1 aromatic rings. The number of amides is 1. The molecule has 6 heteroatoms. The summed E-state index contributed by atoms with van der Waals surface area (Å²) in [6.45, 7) is 5.76. The van der Waals surface area contributed by atoms with Crippen LogP contribution in [-0.2, 0) is 9.53 Å². The average molecular weight is 240 g/mol. The van der Waals surface area contributed by atoms with Crippen LogP contribution in [0.3, 0.4) is 0 Å². The third-order valence-corrected chi connectivity index (χ3v) is 2.57. The van der Waals surface area contributed by atoms with Gasteiger partial charge >= 0.3 is 0 Å². The topological polar surface area (TPSA) is 73.6 Å². The first-order valence-electron chi connectivity index (χ1n) is 5.48. The van der Waals surface area contributed by atoms with Crippen molar-refractivity contribution in [3.63, 3.8) is 0 Å². The van der Waals surface area contributed by atoms with E-state index in [-0.39, 0.29) is 17.9 Å². The van der Waals surface area contributed by atoms with Gasteiger partial charge in [0, 0.05) is 18.0 Å². The van der Waals surface area contributed by atoms with E-state index < -0.39 is 0 Å². The Morgan fingerprint density at radius 2 is 2.41 bits per heavy atom. The predicted octanol–water partition coefficient (Wildman–Crippen LogP) is 0.515. The highest BCUT2D eigenvalue weighted by Crippen LogP contribution is 2.24. The minimum Gasteiger partial charge on any atom is -0.465 e. The first-order valence-corrected chi connectivity index (χ1v) is 5.48. The Morgan fingerprint density at radius 3 is 2.94 bits per heavy atom. The van der Waals surface area contributed by atoms with E-state index >= 15 is 0 Å². The van der Waals surface area contributed by atoms with Crippen molar-refractivity contribution in [1.29, 1.82) is 0 Å². The van der Waals surface area contributed by atoms with Crippen molar-refractivity contribution >= 4 is 5.91 Å². The summed E-state index contributed by atoms with van der Waals surface area (Å²) in [6, 6.07) is 1.63. The molecule has 0 aliphatic carbocycles. The van der Waals surface area contributed by atoms with Crippen LogP contribution in [0.1, 0.15) is 12.7 Å². The van der Waals surface area contributed by atoms with Crippen LogP contribution >= 0.6 is 0 Å². The van der Waals surface area contributed by atoms with Crippen LogP contribution < -0.4 is 10.1 Å². The fourth-order valence-corrected chi connectivity index (χ4v) is 1.47. The third kappa shape index (κ3) is 3.20. The summed E-state index contributed by atoms with van der Waals surface area (Å²) in [5.74, 6) is 0.814. The molecule has 1 N–H and O–H groups in total. The van der Waals surface area contributed by atoms with E-state index in [1.807, 2.05) is 0 Å². The van der Waals surface area contributed by atoms with Crippen molar-refractivity contribution < 1.29 is 18.8 Å². The Kier molecular flexibility index (Phi) is 3.33. The Balaban J connectivity index is 1.67. The number of rotatable bonds is 5. The van der Waals surface area contributed by atoms with E-state index in [4.69, 9.17) is 14.0 Å². The predicted molar refractivity (Wildman–Crippen MR) is 58.7 cm³/mol. The van der Waals surface area contributed by atoms with Crippen LogP contribution in [0.4, 0.5) is 0 Å². The van der Waals surface area contributed by atoms with Gasteiger partial charge in [-0.2, -0.15) is 0 Å². The molecule has 1 fully saturated rings. The van der Waals surface area contributed by atoms with Crippen LogP contribution in [0.15, 0.2) is 10.6 Å². The van der Waals surface area contributed by atoms with Crippen molar-refractivity contribution in [3.8, 4) is 5.88 Å². The lowest BCUT2D eigenvalue weighted by Crippen LogP contribution is -2.49. The Bertz CT molecular complexity index is 398. The van der Waals surface area contributed by atoms with Crippen molar-refractivity contribution in [2.45, 2.75) is 13.8 Å². The molecule has 0 unspecified atom stereocenters.